The molecule has 0 aliphatic rings. The summed E-state index contributed by atoms with van der Waals surface area (Å²) in [5, 5.41) is 43.3. The van der Waals surface area contributed by atoms with E-state index in [0.29, 0.717) is 5.69 Å². The van der Waals surface area contributed by atoms with Gasteiger partial charge in [-0.25, -0.2) is 9.78 Å². The van der Waals surface area contributed by atoms with Crippen LogP contribution in [0.25, 0.3) is 0 Å². The van der Waals surface area contributed by atoms with Gasteiger partial charge in [0.2, 0.25) is 17.7 Å². The fourth-order valence-electron chi connectivity index (χ4n) is 2.92. The van der Waals surface area contributed by atoms with Gasteiger partial charge >= 0.3 is 17.9 Å². The number of H-pyrrole nitrogens is 1. The van der Waals surface area contributed by atoms with Gasteiger partial charge in [-0.15, -0.1) is 0 Å². The van der Waals surface area contributed by atoms with Crippen molar-refractivity contribution in [3.05, 3.63) is 18.2 Å². The minimum Gasteiger partial charge on any atom is -0.481 e. The summed E-state index contributed by atoms with van der Waals surface area (Å²) in [6.07, 6.45) is -0.722. The minimum absolute atomic E-state index is 0.145. The number of amides is 3. The number of nitrogens with one attached hydrogen (secondary N) is 4. The molecule has 0 saturated carbocycles. The highest BCUT2D eigenvalue weighted by Crippen LogP contribution is 2.06. The zero-order chi connectivity index (χ0) is 27.4. The molecular formula is C20H30N6O10. The molecule has 0 spiro atoms. The van der Waals surface area contributed by atoms with Crippen molar-refractivity contribution < 1.29 is 49.2 Å². The first-order valence-electron chi connectivity index (χ1n) is 10.8. The topological polar surface area (TPSA) is 274 Å². The molecule has 0 radical (unpaired) electrons. The van der Waals surface area contributed by atoms with Crippen molar-refractivity contribution >= 4 is 35.6 Å². The summed E-state index contributed by atoms with van der Waals surface area (Å²) < 4.78 is 0. The molecule has 16 nitrogen and oxygen atoms in total. The lowest BCUT2D eigenvalue weighted by molar-refractivity contribution is -0.144. The quantitative estimate of drug-likeness (QED) is 0.106. The predicted octanol–water partition coefficient (Wildman–Crippen LogP) is -3.07. The van der Waals surface area contributed by atoms with Gasteiger partial charge < -0.3 is 47.1 Å². The molecule has 10 N–H and O–H groups in total. The fraction of sp³-hybridized carbons (Fsp3) is 0.550. The zero-order valence-corrected chi connectivity index (χ0v) is 19.3. The number of aliphatic hydroxyl groups is 1. The summed E-state index contributed by atoms with van der Waals surface area (Å²) in [7, 11) is 0. The van der Waals surface area contributed by atoms with Crippen molar-refractivity contribution in [3.63, 3.8) is 0 Å². The summed E-state index contributed by atoms with van der Waals surface area (Å²) >= 11 is 0. The molecule has 3 amide bonds. The van der Waals surface area contributed by atoms with Gasteiger partial charge in [0.25, 0.3) is 0 Å². The zero-order valence-electron chi connectivity index (χ0n) is 19.3. The number of hydrogen-bond acceptors (Lipinski definition) is 9. The second-order valence-electron chi connectivity index (χ2n) is 7.93. The normalized spacial score (nSPS) is 15.0. The van der Waals surface area contributed by atoms with Crippen LogP contribution in [0, 0.1) is 0 Å². The first kappa shape index (κ1) is 30.0. The Morgan fingerprint density at radius 3 is 1.86 bits per heavy atom. The summed E-state index contributed by atoms with van der Waals surface area (Å²) in [6.45, 7) is 1.27. The molecule has 0 aromatic carbocycles. The van der Waals surface area contributed by atoms with Crippen LogP contribution in [0.15, 0.2) is 12.5 Å². The summed E-state index contributed by atoms with van der Waals surface area (Å²) in [5.74, 6) is -6.99. The number of aliphatic hydroxyl groups excluding tert-OH is 1. The van der Waals surface area contributed by atoms with Crippen molar-refractivity contribution in [2.75, 3.05) is 0 Å². The number of aliphatic carboxylic acids is 3. The maximum absolute atomic E-state index is 13.0. The van der Waals surface area contributed by atoms with E-state index in [9.17, 15) is 39.0 Å². The lowest BCUT2D eigenvalue weighted by Gasteiger charge is -2.25. The van der Waals surface area contributed by atoms with Crippen molar-refractivity contribution in [2.45, 2.75) is 69.3 Å². The molecule has 1 rings (SSSR count). The Bertz CT molecular complexity index is 935. The molecule has 1 aromatic heterocycles. The van der Waals surface area contributed by atoms with Gasteiger partial charge in [0.1, 0.15) is 24.2 Å². The van der Waals surface area contributed by atoms with Crippen LogP contribution in [-0.2, 0) is 35.2 Å². The molecule has 5 atom stereocenters. The van der Waals surface area contributed by atoms with E-state index in [1.54, 1.807) is 0 Å². The van der Waals surface area contributed by atoms with Crippen LogP contribution in [0.5, 0.6) is 0 Å². The molecule has 0 bridgehead atoms. The van der Waals surface area contributed by atoms with Gasteiger partial charge in [-0.1, -0.05) is 0 Å². The highest BCUT2D eigenvalue weighted by atomic mass is 16.4. The van der Waals surface area contributed by atoms with E-state index in [-0.39, 0.29) is 6.42 Å². The highest BCUT2D eigenvalue weighted by Gasteiger charge is 2.31. The van der Waals surface area contributed by atoms with Crippen LogP contribution < -0.4 is 21.7 Å². The number of nitrogens with zero attached hydrogens (tertiary/aromatic N) is 1. The number of rotatable bonds is 16. The monoisotopic (exact) mass is 514 g/mol. The number of nitrogens with two attached hydrogens (primary N) is 1. The lowest BCUT2D eigenvalue weighted by atomic mass is 10.1. The highest BCUT2D eigenvalue weighted by molar-refractivity contribution is 5.94. The summed E-state index contributed by atoms with van der Waals surface area (Å²) in [5.41, 5.74) is 6.01. The second-order valence-corrected chi connectivity index (χ2v) is 7.93. The molecule has 200 valence electrons. The van der Waals surface area contributed by atoms with Gasteiger partial charge in [-0.2, -0.15) is 0 Å². The largest absolute Gasteiger partial charge is 0.481 e. The van der Waals surface area contributed by atoms with Crippen molar-refractivity contribution in [1.29, 1.82) is 0 Å². The number of imidazole rings is 1. The third kappa shape index (κ3) is 10.5. The Labute approximate surface area is 204 Å². The average Bonchev–Trinajstić information content (AvgIpc) is 3.30. The minimum atomic E-state index is -1.61. The van der Waals surface area contributed by atoms with E-state index in [1.165, 1.54) is 19.4 Å². The number of aromatic nitrogens is 2. The van der Waals surface area contributed by atoms with Crippen LogP contribution in [-0.4, -0.2) is 96.3 Å². The lowest BCUT2D eigenvalue weighted by Crippen LogP contribution is -2.58. The molecule has 0 fully saturated rings. The van der Waals surface area contributed by atoms with Crippen LogP contribution in [0.3, 0.4) is 0 Å². The number of hydrogen-bond donors (Lipinski definition) is 9. The van der Waals surface area contributed by atoms with Crippen LogP contribution in [0.2, 0.25) is 0 Å². The maximum atomic E-state index is 13.0. The Hall–Kier alpha value is -4.05. The van der Waals surface area contributed by atoms with E-state index < -0.39 is 91.6 Å². The molecule has 1 aromatic rings. The smallest absolute Gasteiger partial charge is 0.326 e. The first-order valence-corrected chi connectivity index (χ1v) is 10.8. The molecule has 1 heterocycles. The molecule has 0 aliphatic carbocycles. The SMILES string of the molecule is CC(O)C(N)C(=O)NC(Cc1cnc[nH]1)C(=O)NC(CCC(=O)O)C(=O)NC(CCC(=O)O)C(=O)O. The molecule has 16 heteroatoms. The van der Waals surface area contributed by atoms with Gasteiger partial charge in [0.05, 0.1) is 12.4 Å². The van der Waals surface area contributed by atoms with Gasteiger partial charge in [-0.05, 0) is 19.8 Å². The molecule has 5 unspecified atom stereocenters. The number of carbonyl (C=O) groups is 6. The van der Waals surface area contributed by atoms with E-state index in [0.717, 1.165) is 0 Å². The molecule has 0 aliphatic heterocycles. The number of aromatic amines is 1. The predicted molar refractivity (Wildman–Crippen MR) is 119 cm³/mol. The number of carboxylic acid groups (broad SMARTS) is 3. The van der Waals surface area contributed by atoms with Crippen molar-refractivity contribution in [1.82, 2.24) is 25.9 Å². The van der Waals surface area contributed by atoms with E-state index in [1.807, 2.05) is 0 Å². The number of carbonyl (C=O) groups excluding carboxylic acids is 3. The fourth-order valence-corrected chi connectivity index (χ4v) is 2.92. The average molecular weight is 514 g/mol. The Balaban J connectivity index is 3.08. The Morgan fingerprint density at radius 1 is 0.889 bits per heavy atom. The first-order chi connectivity index (χ1) is 16.8. The third-order valence-electron chi connectivity index (χ3n) is 4.98. The van der Waals surface area contributed by atoms with Crippen LogP contribution in [0.1, 0.15) is 38.3 Å². The Kier molecular flexibility index (Phi) is 12.0. The van der Waals surface area contributed by atoms with Gasteiger partial charge in [-0.3, -0.25) is 24.0 Å². The van der Waals surface area contributed by atoms with Crippen LogP contribution >= 0.6 is 0 Å². The van der Waals surface area contributed by atoms with E-state index in [4.69, 9.17) is 15.9 Å². The van der Waals surface area contributed by atoms with Crippen molar-refractivity contribution in [2.24, 2.45) is 5.73 Å². The van der Waals surface area contributed by atoms with E-state index >= 15 is 0 Å². The van der Waals surface area contributed by atoms with E-state index in [2.05, 4.69) is 25.9 Å². The molecule has 36 heavy (non-hydrogen) atoms. The standard InChI is InChI=1S/C20H30N6O10/c1-9(27)16(21)19(34)26-13(6-10-7-22-8-23-10)18(33)24-11(2-4-14(28)29)17(32)25-12(20(35)36)3-5-15(30)31/h7-9,11-13,16,27H,2-6,21H2,1H3,(H,22,23)(H,24,33)(H,25,32)(H,26,34)(H,28,29)(H,30,31)(H,35,36). The third-order valence-corrected chi connectivity index (χ3v) is 4.98. The van der Waals surface area contributed by atoms with Gasteiger partial charge in [0.15, 0.2) is 0 Å². The van der Waals surface area contributed by atoms with Gasteiger partial charge in [0, 0.05) is 31.2 Å². The van der Waals surface area contributed by atoms with Crippen LogP contribution in [0.4, 0.5) is 0 Å². The summed E-state index contributed by atoms with van der Waals surface area (Å²) in [6, 6.07) is -5.86. The maximum Gasteiger partial charge on any atom is 0.326 e. The second kappa shape index (κ2) is 14.4. The summed E-state index contributed by atoms with van der Waals surface area (Å²) in [4.78, 5) is 77.8. The van der Waals surface area contributed by atoms with Crippen molar-refractivity contribution in [3.8, 4) is 0 Å². The molecular weight excluding hydrogens is 484 g/mol. The Morgan fingerprint density at radius 2 is 1.39 bits per heavy atom. The number of carboxylic acids is 3. The molecule has 0 saturated heterocycles.